The van der Waals surface area contributed by atoms with E-state index in [0.29, 0.717) is 52.0 Å². The number of rotatable bonds is 3. The predicted molar refractivity (Wildman–Crippen MR) is 87.2 cm³/mol. The van der Waals surface area contributed by atoms with Crippen LogP contribution in [0.25, 0.3) is 0 Å². The second-order valence-corrected chi connectivity index (χ2v) is 6.80. The Kier molecular flexibility index (Phi) is 3.81. The Morgan fingerprint density at radius 3 is 2.17 bits per heavy atom. The third kappa shape index (κ3) is 2.70. The number of carbonyl (C=O) groups excluding carboxylic acids is 2. The van der Waals surface area contributed by atoms with Gasteiger partial charge in [0, 0.05) is 31.6 Å². The van der Waals surface area contributed by atoms with Gasteiger partial charge in [0.1, 0.15) is 5.41 Å². The molecule has 0 bridgehead atoms. The van der Waals surface area contributed by atoms with Gasteiger partial charge in [-0.15, -0.1) is 0 Å². The lowest BCUT2D eigenvalue weighted by molar-refractivity contribution is -0.188. The van der Waals surface area contributed by atoms with Crippen molar-refractivity contribution in [3.8, 4) is 0 Å². The maximum Gasteiger partial charge on any atom is 0.240 e. The van der Waals surface area contributed by atoms with Crippen LogP contribution in [0.1, 0.15) is 25.7 Å². The zero-order valence-electron chi connectivity index (χ0n) is 13.6. The van der Waals surface area contributed by atoms with Crippen molar-refractivity contribution in [1.82, 2.24) is 4.90 Å². The van der Waals surface area contributed by atoms with Crippen molar-refractivity contribution in [2.45, 2.75) is 31.5 Å². The summed E-state index contributed by atoms with van der Waals surface area (Å²) in [6.07, 6.45) is 2.60. The average Bonchev–Trinajstić information content (AvgIpc) is 3.32. The quantitative estimate of drug-likeness (QED) is 0.858. The molecule has 1 spiro atoms. The number of amides is 2. The highest BCUT2D eigenvalue weighted by molar-refractivity contribution is 6.13. The van der Waals surface area contributed by atoms with Crippen LogP contribution < -0.4 is 5.32 Å². The summed E-state index contributed by atoms with van der Waals surface area (Å²) in [5.41, 5.74) is -0.149. The summed E-state index contributed by atoms with van der Waals surface area (Å²) < 4.78 is 11.4. The number of anilines is 1. The first-order valence-corrected chi connectivity index (χ1v) is 8.57. The summed E-state index contributed by atoms with van der Waals surface area (Å²) in [6.45, 7) is 2.41. The Balaban J connectivity index is 1.40. The fourth-order valence-corrected chi connectivity index (χ4v) is 3.57. The molecule has 0 unspecified atom stereocenters. The number of likely N-dealkylation sites (tertiary alicyclic amines) is 1. The van der Waals surface area contributed by atoms with Gasteiger partial charge in [-0.05, 0) is 25.0 Å². The molecule has 128 valence electrons. The molecule has 0 radical (unpaired) electrons. The Bertz CT molecular complexity index is 626. The third-order valence-corrected chi connectivity index (χ3v) is 5.25. The van der Waals surface area contributed by atoms with Gasteiger partial charge in [-0.1, -0.05) is 18.2 Å². The van der Waals surface area contributed by atoms with E-state index in [0.717, 1.165) is 5.69 Å². The van der Waals surface area contributed by atoms with Gasteiger partial charge in [-0.3, -0.25) is 9.59 Å². The topological polar surface area (TPSA) is 67.9 Å². The van der Waals surface area contributed by atoms with Gasteiger partial charge in [-0.2, -0.15) is 0 Å². The smallest absolute Gasteiger partial charge is 0.240 e. The fourth-order valence-electron chi connectivity index (χ4n) is 3.57. The minimum atomic E-state index is -0.877. The molecule has 2 aliphatic heterocycles. The van der Waals surface area contributed by atoms with Crippen molar-refractivity contribution >= 4 is 17.5 Å². The normalized spacial score (nSPS) is 23.9. The standard InChI is InChI=1S/C18H22N2O4/c21-15(19-14-4-2-1-3-5-14)17(6-7-17)16(22)20-10-8-18(9-11-20)23-12-13-24-18/h1-5H,6-13H2,(H,19,21). The van der Waals surface area contributed by atoms with Crippen molar-refractivity contribution in [2.24, 2.45) is 5.41 Å². The predicted octanol–water partition coefficient (Wildman–Crippen LogP) is 1.77. The first-order chi connectivity index (χ1) is 11.6. The molecule has 6 nitrogen and oxygen atoms in total. The second-order valence-electron chi connectivity index (χ2n) is 6.80. The van der Waals surface area contributed by atoms with Crippen LogP contribution in [0, 0.1) is 5.41 Å². The number of hydrogen-bond acceptors (Lipinski definition) is 4. The Morgan fingerprint density at radius 1 is 0.958 bits per heavy atom. The molecule has 0 atom stereocenters. The minimum absolute atomic E-state index is 0.0521. The van der Waals surface area contributed by atoms with Crippen molar-refractivity contribution in [2.75, 3.05) is 31.6 Å². The molecule has 1 aliphatic carbocycles. The van der Waals surface area contributed by atoms with Crippen LogP contribution >= 0.6 is 0 Å². The number of benzene rings is 1. The maximum atomic E-state index is 12.9. The molecule has 1 saturated carbocycles. The zero-order chi connectivity index (χ0) is 16.6. The number of piperidine rings is 1. The SMILES string of the molecule is O=C(Nc1ccccc1)C1(C(=O)N2CCC3(CC2)OCCO3)CC1. The van der Waals surface area contributed by atoms with E-state index in [-0.39, 0.29) is 11.8 Å². The first kappa shape index (κ1) is 15.6. The van der Waals surface area contributed by atoms with Gasteiger partial charge in [-0.25, -0.2) is 0 Å². The molecular formula is C18H22N2O4. The molecular weight excluding hydrogens is 308 g/mol. The Morgan fingerprint density at radius 2 is 1.58 bits per heavy atom. The maximum absolute atomic E-state index is 12.9. The molecule has 0 aromatic heterocycles. The van der Waals surface area contributed by atoms with Crippen molar-refractivity contribution < 1.29 is 19.1 Å². The van der Waals surface area contributed by atoms with E-state index < -0.39 is 11.2 Å². The van der Waals surface area contributed by atoms with Crippen LogP contribution in [0.3, 0.4) is 0 Å². The van der Waals surface area contributed by atoms with Gasteiger partial charge in [0.25, 0.3) is 0 Å². The van der Waals surface area contributed by atoms with Gasteiger partial charge >= 0.3 is 0 Å². The minimum Gasteiger partial charge on any atom is -0.347 e. The van der Waals surface area contributed by atoms with E-state index >= 15 is 0 Å². The first-order valence-electron chi connectivity index (χ1n) is 8.57. The molecule has 1 N–H and O–H groups in total. The molecule has 4 rings (SSSR count). The molecule has 24 heavy (non-hydrogen) atoms. The Labute approximate surface area is 141 Å². The molecule has 1 aromatic carbocycles. The highest BCUT2D eigenvalue weighted by Crippen LogP contribution is 2.49. The molecule has 2 heterocycles. The summed E-state index contributed by atoms with van der Waals surface area (Å²) in [6, 6.07) is 9.28. The Hall–Kier alpha value is -1.92. The van der Waals surface area contributed by atoms with E-state index in [2.05, 4.69) is 5.32 Å². The number of ether oxygens (including phenoxy) is 2. The van der Waals surface area contributed by atoms with Crippen LogP contribution in [0.2, 0.25) is 0 Å². The van der Waals surface area contributed by atoms with Crippen LogP contribution in [-0.2, 0) is 19.1 Å². The van der Waals surface area contributed by atoms with E-state index in [4.69, 9.17) is 9.47 Å². The van der Waals surface area contributed by atoms with Gasteiger partial charge in [0.15, 0.2) is 5.79 Å². The fraction of sp³-hybridized carbons (Fsp3) is 0.556. The molecule has 1 aromatic rings. The third-order valence-electron chi connectivity index (χ3n) is 5.25. The molecule has 2 amide bonds. The molecule has 3 fully saturated rings. The number of carbonyl (C=O) groups is 2. The summed E-state index contributed by atoms with van der Waals surface area (Å²) >= 11 is 0. The highest BCUT2D eigenvalue weighted by Gasteiger charge is 2.58. The monoisotopic (exact) mass is 330 g/mol. The number of para-hydroxylation sites is 1. The van der Waals surface area contributed by atoms with Gasteiger partial charge < -0.3 is 19.7 Å². The molecule has 6 heteroatoms. The largest absolute Gasteiger partial charge is 0.347 e. The average molecular weight is 330 g/mol. The summed E-state index contributed by atoms with van der Waals surface area (Å²) in [5, 5.41) is 2.88. The summed E-state index contributed by atoms with van der Waals surface area (Å²) in [7, 11) is 0. The summed E-state index contributed by atoms with van der Waals surface area (Å²) in [5.74, 6) is -0.740. The number of nitrogens with zero attached hydrogens (tertiary/aromatic N) is 1. The van der Waals surface area contributed by atoms with Crippen LogP contribution in [0.4, 0.5) is 5.69 Å². The van der Waals surface area contributed by atoms with Crippen molar-refractivity contribution in [3.05, 3.63) is 30.3 Å². The van der Waals surface area contributed by atoms with Crippen molar-refractivity contribution in [1.29, 1.82) is 0 Å². The summed E-state index contributed by atoms with van der Waals surface area (Å²) in [4.78, 5) is 27.3. The molecule has 3 aliphatic rings. The van der Waals surface area contributed by atoms with Crippen molar-refractivity contribution in [3.63, 3.8) is 0 Å². The van der Waals surface area contributed by atoms with Crippen LogP contribution in [0.15, 0.2) is 30.3 Å². The van der Waals surface area contributed by atoms with E-state index in [1.165, 1.54) is 0 Å². The zero-order valence-corrected chi connectivity index (χ0v) is 13.6. The van der Waals surface area contributed by atoms with E-state index in [1.807, 2.05) is 30.3 Å². The van der Waals surface area contributed by atoms with Gasteiger partial charge in [0.05, 0.1) is 13.2 Å². The van der Waals surface area contributed by atoms with E-state index in [9.17, 15) is 9.59 Å². The number of hydrogen-bond donors (Lipinski definition) is 1. The number of nitrogens with one attached hydrogen (secondary N) is 1. The van der Waals surface area contributed by atoms with Crippen LogP contribution in [-0.4, -0.2) is 48.8 Å². The lowest BCUT2D eigenvalue weighted by atomic mass is 9.98. The van der Waals surface area contributed by atoms with E-state index in [1.54, 1.807) is 4.90 Å². The lowest BCUT2D eigenvalue weighted by Gasteiger charge is -2.38. The second kappa shape index (κ2) is 5.86. The highest BCUT2D eigenvalue weighted by atomic mass is 16.7. The van der Waals surface area contributed by atoms with Gasteiger partial charge in [0.2, 0.25) is 11.8 Å². The van der Waals surface area contributed by atoms with Crippen LogP contribution in [0.5, 0.6) is 0 Å². The lowest BCUT2D eigenvalue weighted by Crippen LogP contribution is -2.51. The molecule has 2 saturated heterocycles.